The summed E-state index contributed by atoms with van der Waals surface area (Å²) in [6.07, 6.45) is 2.74. The van der Waals surface area contributed by atoms with E-state index in [9.17, 15) is 14.7 Å². The molecule has 0 atom stereocenters. The Bertz CT molecular complexity index is 888. The van der Waals surface area contributed by atoms with Gasteiger partial charge in [0.1, 0.15) is 5.69 Å². The van der Waals surface area contributed by atoms with Crippen LogP contribution in [-0.4, -0.2) is 31.7 Å². The Hall–Kier alpha value is -3.26. The van der Waals surface area contributed by atoms with E-state index in [0.717, 1.165) is 0 Å². The average molecular weight is 346 g/mol. The van der Waals surface area contributed by atoms with E-state index in [1.54, 1.807) is 24.3 Å². The monoisotopic (exact) mass is 345 g/mol. The summed E-state index contributed by atoms with van der Waals surface area (Å²) >= 11 is 5.70. The molecule has 24 heavy (non-hydrogen) atoms. The van der Waals surface area contributed by atoms with Gasteiger partial charge in [0.25, 0.3) is 11.8 Å². The number of benzene rings is 1. The highest BCUT2D eigenvalue weighted by Gasteiger charge is 2.18. The molecule has 3 rings (SSSR count). The summed E-state index contributed by atoms with van der Waals surface area (Å²) in [4.78, 5) is 26.5. The molecule has 8 nitrogen and oxygen atoms in total. The summed E-state index contributed by atoms with van der Waals surface area (Å²) in [5.41, 5.74) is 5.01. The molecule has 2 heterocycles. The van der Waals surface area contributed by atoms with Crippen LogP contribution in [-0.2, 0) is 0 Å². The third-order valence-electron chi connectivity index (χ3n) is 3.11. The minimum Gasteiger partial charge on any atom is -0.504 e. The average Bonchev–Trinajstić information content (AvgIpc) is 3.19. The first-order valence-electron chi connectivity index (χ1n) is 6.83. The zero-order chi connectivity index (χ0) is 17.1. The highest BCUT2D eigenvalue weighted by Crippen LogP contribution is 2.17. The third kappa shape index (κ3) is 3.23. The molecule has 122 valence electrons. The zero-order valence-electron chi connectivity index (χ0n) is 12.2. The Morgan fingerprint density at radius 2 is 1.88 bits per heavy atom. The molecule has 2 aromatic heterocycles. The van der Waals surface area contributed by atoms with Crippen molar-refractivity contribution in [1.29, 1.82) is 0 Å². The van der Waals surface area contributed by atoms with Crippen molar-refractivity contribution in [2.24, 2.45) is 0 Å². The SMILES string of the molecule is O=C(NNC(=O)c1nn(-c2ccccc2)cc1O)c1cc(Cl)c[nH]1. The Morgan fingerprint density at radius 3 is 2.54 bits per heavy atom. The van der Waals surface area contributed by atoms with Crippen LogP contribution in [0.4, 0.5) is 0 Å². The molecule has 0 fully saturated rings. The van der Waals surface area contributed by atoms with Gasteiger partial charge in [-0.3, -0.25) is 20.4 Å². The molecule has 1 aromatic carbocycles. The molecular weight excluding hydrogens is 334 g/mol. The maximum atomic E-state index is 12.1. The lowest BCUT2D eigenvalue weighted by Crippen LogP contribution is -2.42. The Balaban J connectivity index is 1.69. The Labute approximate surface area is 141 Å². The minimum absolute atomic E-state index is 0.180. The number of aromatic nitrogens is 3. The van der Waals surface area contributed by atoms with Crippen molar-refractivity contribution < 1.29 is 14.7 Å². The lowest BCUT2D eigenvalue weighted by Gasteiger charge is -2.04. The molecule has 0 spiro atoms. The molecule has 0 saturated heterocycles. The second-order valence-corrected chi connectivity index (χ2v) is 5.22. The number of H-pyrrole nitrogens is 1. The van der Waals surface area contributed by atoms with E-state index >= 15 is 0 Å². The normalized spacial score (nSPS) is 10.4. The van der Waals surface area contributed by atoms with Gasteiger partial charge in [-0.15, -0.1) is 0 Å². The number of nitrogens with one attached hydrogen (secondary N) is 3. The second-order valence-electron chi connectivity index (χ2n) is 4.78. The molecule has 0 bridgehead atoms. The summed E-state index contributed by atoms with van der Waals surface area (Å²) in [5, 5.41) is 14.2. The van der Waals surface area contributed by atoms with E-state index in [1.165, 1.54) is 23.1 Å². The van der Waals surface area contributed by atoms with Gasteiger partial charge >= 0.3 is 0 Å². The topological polar surface area (TPSA) is 112 Å². The summed E-state index contributed by atoms with van der Waals surface area (Å²) in [6.45, 7) is 0. The second kappa shape index (κ2) is 6.47. The number of aromatic amines is 1. The van der Waals surface area contributed by atoms with Crippen molar-refractivity contribution in [2.45, 2.75) is 0 Å². The first-order chi connectivity index (χ1) is 11.5. The van der Waals surface area contributed by atoms with E-state index in [-0.39, 0.29) is 17.1 Å². The van der Waals surface area contributed by atoms with Gasteiger partial charge in [-0.25, -0.2) is 4.68 Å². The lowest BCUT2D eigenvalue weighted by molar-refractivity contribution is 0.0839. The Morgan fingerprint density at radius 1 is 1.17 bits per heavy atom. The van der Waals surface area contributed by atoms with Crippen molar-refractivity contribution in [3.8, 4) is 11.4 Å². The van der Waals surface area contributed by atoms with Gasteiger partial charge in [0, 0.05) is 6.20 Å². The first-order valence-corrected chi connectivity index (χ1v) is 7.21. The van der Waals surface area contributed by atoms with E-state index in [1.807, 2.05) is 6.07 Å². The van der Waals surface area contributed by atoms with Crippen LogP contribution in [0.3, 0.4) is 0 Å². The van der Waals surface area contributed by atoms with Crippen LogP contribution in [0.25, 0.3) is 5.69 Å². The van der Waals surface area contributed by atoms with Gasteiger partial charge in [0.2, 0.25) is 0 Å². The largest absolute Gasteiger partial charge is 0.504 e. The molecule has 0 radical (unpaired) electrons. The highest BCUT2D eigenvalue weighted by atomic mass is 35.5. The number of rotatable bonds is 3. The van der Waals surface area contributed by atoms with Crippen molar-refractivity contribution in [2.75, 3.05) is 0 Å². The van der Waals surface area contributed by atoms with E-state index in [2.05, 4.69) is 20.9 Å². The predicted molar refractivity (Wildman–Crippen MR) is 86.0 cm³/mol. The molecule has 0 saturated carbocycles. The fourth-order valence-electron chi connectivity index (χ4n) is 1.98. The number of hydrogen-bond donors (Lipinski definition) is 4. The molecule has 3 aromatic rings. The predicted octanol–water partition coefficient (Wildman–Crippen LogP) is 1.63. The number of nitrogens with zero attached hydrogens (tertiary/aromatic N) is 2. The number of hydrazine groups is 1. The van der Waals surface area contributed by atoms with Gasteiger partial charge in [-0.05, 0) is 18.2 Å². The molecule has 2 amide bonds. The van der Waals surface area contributed by atoms with Crippen LogP contribution < -0.4 is 10.9 Å². The maximum absolute atomic E-state index is 12.1. The minimum atomic E-state index is -0.756. The molecule has 4 N–H and O–H groups in total. The quantitative estimate of drug-likeness (QED) is 0.540. The fraction of sp³-hybridized carbons (Fsp3) is 0. The Kier molecular flexibility index (Phi) is 4.21. The molecule has 0 aliphatic rings. The maximum Gasteiger partial charge on any atom is 0.294 e. The van der Waals surface area contributed by atoms with Crippen molar-refractivity contribution >= 4 is 23.4 Å². The van der Waals surface area contributed by atoms with Crippen molar-refractivity contribution in [3.05, 3.63) is 65.2 Å². The fourth-order valence-corrected chi connectivity index (χ4v) is 2.14. The summed E-state index contributed by atoms with van der Waals surface area (Å²) in [5.74, 6) is -1.65. The van der Waals surface area contributed by atoms with Crippen LogP contribution in [0.2, 0.25) is 5.02 Å². The molecule has 0 aliphatic heterocycles. The van der Waals surface area contributed by atoms with E-state index < -0.39 is 11.8 Å². The number of amides is 2. The van der Waals surface area contributed by atoms with Crippen LogP contribution in [0.5, 0.6) is 5.75 Å². The van der Waals surface area contributed by atoms with Gasteiger partial charge in [-0.2, -0.15) is 5.10 Å². The number of halogens is 1. The van der Waals surface area contributed by atoms with Gasteiger partial charge in [0.15, 0.2) is 11.4 Å². The van der Waals surface area contributed by atoms with Crippen LogP contribution >= 0.6 is 11.6 Å². The number of carbonyl (C=O) groups excluding carboxylic acids is 2. The first kappa shape index (κ1) is 15.6. The lowest BCUT2D eigenvalue weighted by atomic mass is 10.3. The van der Waals surface area contributed by atoms with Gasteiger partial charge < -0.3 is 10.1 Å². The van der Waals surface area contributed by atoms with Crippen molar-refractivity contribution in [1.82, 2.24) is 25.6 Å². The van der Waals surface area contributed by atoms with Crippen LogP contribution in [0.15, 0.2) is 48.8 Å². The number of para-hydroxylation sites is 1. The highest BCUT2D eigenvalue weighted by molar-refractivity contribution is 6.30. The molecule has 0 aliphatic carbocycles. The smallest absolute Gasteiger partial charge is 0.294 e. The van der Waals surface area contributed by atoms with Crippen molar-refractivity contribution in [3.63, 3.8) is 0 Å². The molecule has 9 heteroatoms. The van der Waals surface area contributed by atoms with Gasteiger partial charge in [0.05, 0.1) is 16.9 Å². The molecule has 0 unspecified atom stereocenters. The summed E-state index contributed by atoms with van der Waals surface area (Å²) < 4.78 is 1.36. The zero-order valence-corrected chi connectivity index (χ0v) is 12.9. The number of carbonyl (C=O) groups is 2. The molecular formula is C15H12ClN5O3. The van der Waals surface area contributed by atoms with Gasteiger partial charge in [-0.1, -0.05) is 29.8 Å². The van der Waals surface area contributed by atoms with Crippen LogP contribution in [0.1, 0.15) is 21.0 Å². The summed E-state index contributed by atoms with van der Waals surface area (Å²) in [7, 11) is 0. The van der Waals surface area contributed by atoms with E-state index in [0.29, 0.717) is 10.7 Å². The van der Waals surface area contributed by atoms with Crippen LogP contribution in [0, 0.1) is 0 Å². The standard InChI is InChI=1S/C15H12ClN5O3/c16-9-6-11(17-7-9)14(23)18-19-15(24)13-12(22)8-21(20-13)10-4-2-1-3-5-10/h1-8,17,22H,(H,18,23)(H,19,24). The number of hydrogen-bond acceptors (Lipinski definition) is 4. The number of aromatic hydroxyl groups is 1. The summed E-state index contributed by atoms with van der Waals surface area (Å²) in [6, 6.07) is 10.4. The third-order valence-corrected chi connectivity index (χ3v) is 3.33. The van der Waals surface area contributed by atoms with E-state index in [4.69, 9.17) is 11.6 Å².